The molecule has 0 heterocycles. The van der Waals surface area contributed by atoms with E-state index >= 15 is 0 Å². The molecule has 2 atom stereocenters. The molecule has 0 aromatic carbocycles. The van der Waals surface area contributed by atoms with Crippen LogP contribution in [-0.4, -0.2) is 10.1 Å². The summed E-state index contributed by atoms with van der Waals surface area (Å²) < 4.78 is 0. The molecule has 1 aliphatic rings. The monoisotopic (exact) mass is 182 g/mol. The van der Waals surface area contributed by atoms with Crippen molar-refractivity contribution in [1.29, 1.82) is 0 Å². The summed E-state index contributed by atoms with van der Waals surface area (Å²) >= 11 is 8.34. The fourth-order valence-electron chi connectivity index (χ4n) is 0.399. The molecule has 0 radical (unpaired) electrons. The molecule has 0 unspecified atom stereocenters. The molecular formula is C4H4BrClO. The van der Waals surface area contributed by atoms with Gasteiger partial charge in [0.25, 0.3) is 0 Å². The zero-order chi connectivity index (χ0) is 5.44. The molecule has 0 spiro atoms. The molecule has 1 saturated carbocycles. The summed E-state index contributed by atoms with van der Waals surface area (Å²) in [5.74, 6) is 0.113. The van der Waals surface area contributed by atoms with Crippen LogP contribution in [0.3, 0.4) is 0 Å². The van der Waals surface area contributed by atoms with Crippen LogP contribution in [0.25, 0.3) is 0 Å². The smallest absolute Gasteiger partial charge is 0.225 e. The van der Waals surface area contributed by atoms with Crippen molar-refractivity contribution in [2.45, 2.75) is 11.2 Å². The average molecular weight is 183 g/mol. The maximum Gasteiger partial charge on any atom is 0.225 e. The van der Waals surface area contributed by atoms with E-state index in [1.165, 1.54) is 0 Å². The van der Waals surface area contributed by atoms with Gasteiger partial charge in [-0.15, -0.1) is 0 Å². The minimum absolute atomic E-state index is 0.113. The van der Waals surface area contributed by atoms with Crippen molar-refractivity contribution in [2.75, 3.05) is 0 Å². The normalized spacial score (nSPS) is 38.0. The summed E-state index contributed by atoms with van der Waals surface area (Å²) in [6, 6.07) is 0. The van der Waals surface area contributed by atoms with Crippen molar-refractivity contribution in [3.05, 3.63) is 0 Å². The second kappa shape index (κ2) is 1.75. The molecule has 0 amide bonds. The van der Waals surface area contributed by atoms with Gasteiger partial charge in [-0.3, -0.25) is 4.79 Å². The molecule has 0 aromatic rings. The first-order valence-electron chi connectivity index (χ1n) is 2.05. The second-order valence-electron chi connectivity index (χ2n) is 1.66. The van der Waals surface area contributed by atoms with Crippen LogP contribution in [-0.2, 0) is 4.79 Å². The Kier molecular flexibility index (Phi) is 1.39. The van der Waals surface area contributed by atoms with E-state index in [0.29, 0.717) is 4.83 Å². The molecule has 40 valence electrons. The SMILES string of the molecule is O=C(Cl)[C@@H]1C[C@H]1Br. The third kappa shape index (κ3) is 1.16. The molecule has 0 aliphatic heterocycles. The van der Waals surface area contributed by atoms with E-state index in [9.17, 15) is 4.79 Å². The second-order valence-corrected chi connectivity index (χ2v) is 3.21. The number of hydrogen-bond donors (Lipinski definition) is 0. The average Bonchev–Trinajstić information content (AvgIpc) is 2.17. The minimum atomic E-state index is -0.207. The van der Waals surface area contributed by atoms with E-state index in [1.54, 1.807) is 0 Å². The van der Waals surface area contributed by atoms with Gasteiger partial charge < -0.3 is 0 Å². The van der Waals surface area contributed by atoms with Crippen LogP contribution in [0.5, 0.6) is 0 Å². The maximum atomic E-state index is 10.2. The molecule has 3 heteroatoms. The predicted octanol–water partition coefficient (Wildman–Crippen LogP) is 1.54. The Morgan fingerprint density at radius 2 is 2.29 bits per heavy atom. The molecule has 0 bridgehead atoms. The number of carbonyl (C=O) groups excluding carboxylic acids is 1. The van der Waals surface area contributed by atoms with Gasteiger partial charge in [-0.2, -0.15) is 0 Å². The largest absolute Gasteiger partial charge is 0.281 e. The van der Waals surface area contributed by atoms with E-state index < -0.39 is 0 Å². The Hall–Kier alpha value is 0.440. The number of hydrogen-bond acceptors (Lipinski definition) is 1. The summed E-state index contributed by atoms with van der Waals surface area (Å²) in [6.45, 7) is 0. The standard InChI is InChI=1S/C4H4BrClO/c5-3-1-2(3)4(6)7/h2-3H,1H2/t2-,3-/m1/s1. The zero-order valence-electron chi connectivity index (χ0n) is 3.53. The van der Waals surface area contributed by atoms with Gasteiger partial charge in [-0.05, 0) is 18.0 Å². The molecule has 0 saturated heterocycles. The van der Waals surface area contributed by atoms with E-state index in [4.69, 9.17) is 11.6 Å². The van der Waals surface area contributed by atoms with Crippen LogP contribution in [0.4, 0.5) is 0 Å². The van der Waals surface area contributed by atoms with E-state index in [1.807, 2.05) is 0 Å². The lowest BCUT2D eigenvalue weighted by Gasteiger charge is -1.76. The molecule has 7 heavy (non-hydrogen) atoms. The van der Waals surface area contributed by atoms with Gasteiger partial charge in [-0.25, -0.2) is 0 Å². The van der Waals surface area contributed by atoms with Crippen molar-refractivity contribution < 1.29 is 4.79 Å². The third-order valence-corrected chi connectivity index (χ3v) is 2.30. The first-order chi connectivity index (χ1) is 3.22. The van der Waals surface area contributed by atoms with Crippen molar-refractivity contribution in [3.63, 3.8) is 0 Å². The van der Waals surface area contributed by atoms with E-state index in [-0.39, 0.29) is 11.2 Å². The van der Waals surface area contributed by atoms with Crippen molar-refractivity contribution in [1.82, 2.24) is 0 Å². The highest BCUT2D eigenvalue weighted by molar-refractivity contribution is 9.09. The fraction of sp³-hybridized carbons (Fsp3) is 0.750. The summed E-state index contributed by atoms with van der Waals surface area (Å²) in [5.41, 5.74) is 0. The van der Waals surface area contributed by atoms with Crippen LogP contribution in [0.2, 0.25) is 0 Å². The van der Waals surface area contributed by atoms with Crippen LogP contribution in [0.1, 0.15) is 6.42 Å². The number of rotatable bonds is 1. The van der Waals surface area contributed by atoms with Gasteiger partial charge >= 0.3 is 0 Å². The number of alkyl halides is 1. The Morgan fingerprint density at radius 1 is 1.86 bits per heavy atom. The molecule has 1 rings (SSSR count). The van der Waals surface area contributed by atoms with Crippen molar-refractivity contribution >= 4 is 32.8 Å². The van der Waals surface area contributed by atoms with Crippen LogP contribution in [0, 0.1) is 5.92 Å². The molecule has 1 aliphatic carbocycles. The summed E-state index contributed by atoms with van der Waals surface area (Å²) in [6.07, 6.45) is 0.919. The first-order valence-corrected chi connectivity index (χ1v) is 3.34. The van der Waals surface area contributed by atoms with Gasteiger partial charge in [0, 0.05) is 10.7 Å². The molecule has 0 N–H and O–H groups in total. The fourth-order valence-corrected chi connectivity index (χ4v) is 1.44. The Balaban J connectivity index is 2.33. The summed E-state index contributed by atoms with van der Waals surface area (Å²) in [5, 5.41) is -0.207. The minimum Gasteiger partial charge on any atom is -0.281 e. The Bertz CT molecular complexity index is 104. The van der Waals surface area contributed by atoms with E-state index in [0.717, 1.165) is 6.42 Å². The summed E-state index contributed by atoms with van der Waals surface area (Å²) in [7, 11) is 0. The number of halogens is 2. The predicted molar refractivity (Wildman–Crippen MR) is 31.7 cm³/mol. The van der Waals surface area contributed by atoms with Gasteiger partial charge in [0.1, 0.15) is 0 Å². The molecule has 1 nitrogen and oxygen atoms in total. The molecule has 1 fully saturated rings. The summed E-state index contributed by atoms with van der Waals surface area (Å²) in [4.78, 5) is 10.5. The van der Waals surface area contributed by atoms with Crippen LogP contribution >= 0.6 is 27.5 Å². The van der Waals surface area contributed by atoms with Gasteiger partial charge in [0.15, 0.2) is 0 Å². The lowest BCUT2D eigenvalue weighted by atomic mass is 10.5. The van der Waals surface area contributed by atoms with Crippen molar-refractivity contribution in [3.8, 4) is 0 Å². The zero-order valence-corrected chi connectivity index (χ0v) is 5.87. The Labute approximate surface area is 55.2 Å². The van der Waals surface area contributed by atoms with Crippen molar-refractivity contribution in [2.24, 2.45) is 5.92 Å². The topological polar surface area (TPSA) is 17.1 Å². The van der Waals surface area contributed by atoms with Crippen LogP contribution < -0.4 is 0 Å². The highest BCUT2D eigenvalue weighted by Crippen LogP contribution is 2.39. The third-order valence-electron chi connectivity index (χ3n) is 1.00. The molecular weight excluding hydrogens is 179 g/mol. The van der Waals surface area contributed by atoms with Crippen LogP contribution in [0.15, 0.2) is 0 Å². The van der Waals surface area contributed by atoms with E-state index in [2.05, 4.69) is 15.9 Å². The Morgan fingerprint density at radius 3 is 2.29 bits per heavy atom. The van der Waals surface area contributed by atoms with Gasteiger partial charge in [0.2, 0.25) is 5.24 Å². The highest BCUT2D eigenvalue weighted by Gasteiger charge is 2.39. The highest BCUT2D eigenvalue weighted by atomic mass is 79.9. The number of carbonyl (C=O) groups is 1. The first kappa shape index (κ1) is 5.57. The quantitative estimate of drug-likeness (QED) is 0.445. The van der Waals surface area contributed by atoms with Gasteiger partial charge in [0.05, 0.1) is 0 Å². The molecule has 0 aromatic heterocycles. The lowest BCUT2D eigenvalue weighted by molar-refractivity contribution is -0.112. The lowest BCUT2D eigenvalue weighted by Crippen LogP contribution is -1.88. The van der Waals surface area contributed by atoms with Gasteiger partial charge in [-0.1, -0.05) is 15.9 Å². The maximum absolute atomic E-state index is 10.2.